The minimum atomic E-state index is 0.154. The molecule has 1 fully saturated rings. The first-order valence-corrected chi connectivity index (χ1v) is 8.46. The summed E-state index contributed by atoms with van der Waals surface area (Å²) in [6.45, 7) is 4.19. The van der Waals surface area contributed by atoms with Crippen LogP contribution in [0.3, 0.4) is 0 Å². The average molecular weight is 402 g/mol. The van der Waals surface area contributed by atoms with Crippen molar-refractivity contribution in [1.29, 1.82) is 0 Å². The second-order valence-corrected chi connectivity index (χ2v) is 7.59. The summed E-state index contributed by atoms with van der Waals surface area (Å²) in [7, 11) is 0. The first kappa shape index (κ1) is 14.1. The molecule has 2 aromatic heterocycles. The lowest BCUT2D eigenvalue weighted by atomic mass is 10.2. The zero-order valence-electron chi connectivity index (χ0n) is 10.9. The van der Waals surface area contributed by atoms with E-state index in [1.54, 1.807) is 17.6 Å². The number of thiophene rings is 1. The zero-order chi connectivity index (χ0) is 13.9. The van der Waals surface area contributed by atoms with Gasteiger partial charge in [0.1, 0.15) is 5.76 Å². The smallest absolute Gasteiger partial charge is 0.254 e. The van der Waals surface area contributed by atoms with Gasteiger partial charge in [-0.05, 0) is 40.8 Å². The molecular weight excluding hydrogens is 387 g/mol. The third-order valence-corrected chi connectivity index (χ3v) is 5.22. The Morgan fingerprint density at radius 3 is 2.75 bits per heavy atom. The van der Waals surface area contributed by atoms with Crippen LogP contribution in [0.4, 0.5) is 0 Å². The fourth-order valence-corrected chi connectivity index (χ4v) is 3.66. The molecule has 0 radical (unpaired) electrons. The SMILES string of the molecule is O=C(c1csc(I)c1)N1CCN(Cc2ccco2)CC1. The summed E-state index contributed by atoms with van der Waals surface area (Å²) >= 11 is 3.87. The zero-order valence-corrected chi connectivity index (χ0v) is 13.9. The number of piperazine rings is 1. The molecule has 1 amide bonds. The molecule has 0 saturated carbocycles. The number of hydrogen-bond donors (Lipinski definition) is 0. The van der Waals surface area contributed by atoms with E-state index in [0.717, 1.165) is 46.9 Å². The average Bonchev–Trinajstić information content (AvgIpc) is 3.10. The number of nitrogens with zero attached hydrogens (tertiary/aromatic N) is 2. The standard InChI is InChI=1S/C14H15IN2O2S/c15-13-8-11(10-20-13)14(18)17-5-3-16(4-6-17)9-12-2-1-7-19-12/h1-2,7-8,10H,3-6,9H2. The molecule has 1 aliphatic heterocycles. The van der Waals surface area contributed by atoms with E-state index in [2.05, 4.69) is 27.5 Å². The predicted octanol–water partition coefficient (Wildman–Crippen LogP) is 2.90. The Morgan fingerprint density at radius 2 is 2.15 bits per heavy atom. The molecule has 0 unspecified atom stereocenters. The van der Waals surface area contributed by atoms with E-state index in [-0.39, 0.29) is 5.91 Å². The summed E-state index contributed by atoms with van der Waals surface area (Å²) < 4.78 is 6.52. The molecule has 0 N–H and O–H groups in total. The van der Waals surface area contributed by atoms with Gasteiger partial charge in [0.25, 0.3) is 5.91 Å². The van der Waals surface area contributed by atoms with Crippen LogP contribution in [0.25, 0.3) is 0 Å². The largest absolute Gasteiger partial charge is 0.468 e. The van der Waals surface area contributed by atoms with Gasteiger partial charge in [-0.2, -0.15) is 0 Å². The maximum Gasteiger partial charge on any atom is 0.254 e. The van der Waals surface area contributed by atoms with Crippen molar-refractivity contribution in [2.75, 3.05) is 26.2 Å². The van der Waals surface area contributed by atoms with Gasteiger partial charge in [-0.15, -0.1) is 11.3 Å². The Morgan fingerprint density at radius 1 is 1.35 bits per heavy atom. The van der Waals surface area contributed by atoms with Gasteiger partial charge in [-0.25, -0.2) is 0 Å². The third kappa shape index (κ3) is 3.24. The minimum absolute atomic E-state index is 0.154. The molecule has 0 aliphatic carbocycles. The molecule has 2 aromatic rings. The van der Waals surface area contributed by atoms with Crippen molar-refractivity contribution in [2.24, 2.45) is 0 Å². The van der Waals surface area contributed by atoms with Crippen molar-refractivity contribution in [3.63, 3.8) is 0 Å². The molecular formula is C14H15IN2O2S. The number of hydrogen-bond acceptors (Lipinski definition) is 4. The van der Waals surface area contributed by atoms with Crippen molar-refractivity contribution in [3.05, 3.63) is 44.0 Å². The molecule has 20 heavy (non-hydrogen) atoms. The van der Waals surface area contributed by atoms with Crippen molar-refractivity contribution in [1.82, 2.24) is 9.80 Å². The summed E-state index contributed by atoms with van der Waals surface area (Å²) in [5.74, 6) is 1.14. The van der Waals surface area contributed by atoms with Crippen LogP contribution in [0.2, 0.25) is 0 Å². The lowest BCUT2D eigenvalue weighted by Gasteiger charge is -2.34. The molecule has 3 heterocycles. The van der Waals surface area contributed by atoms with Gasteiger partial charge in [0, 0.05) is 31.6 Å². The molecule has 0 aromatic carbocycles. The molecule has 6 heteroatoms. The lowest BCUT2D eigenvalue weighted by molar-refractivity contribution is 0.0621. The molecule has 1 aliphatic rings. The number of amides is 1. The number of furan rings is 1. The van der Waals surface area contributed by atoms with E-state index < -0.39 is 0 Å². The van der Waals surface area contributed by atoms with Crippen LogP contribution >= 0.6 is 33.9 Å². The molecule has 0 spiro atoms. The quantitative estimate of drug-likeness (QED) is 0.741. The first-order valence-electron chi connectivity index (χ1n) is 6.50. The third-order valence-electron chi connectivity index (χ3n) is 3.43. The van der Waals surface area contributed by atoms with Crippen LogP contribution in [0.1, 0.15) is 16.1 Å². The number of carbonyl (C=O) groups is 1. The lowest BCUT2D eigenvalue weighted by Crippen LogP contribution is -2.48. The van der Waals surface area contributed by atoms with E-state index >= 15 is 0 Å². The Kier molecular flexibility index (Phi) is 4.42. The van der Waals surface area contributed by atoms with E-state index in [0.29, 0.717) is 0 Å². The Hall–Kier alpha value is -0.860. The molecule has 4 nitrogen and oxygen atoms in total. The summed E-state index contributed by atoms with van der Waals surface area (Å²) in [4.78, 5) is 16.6. The van der Waals surface area contributed by atoms with E-state index in [9.17, 15) is 4.79 Å². The normalized spacial score (nSPS) is 16.6. The van der Waals surface area contributed by atoms with E-state index in [1.165, 1.54) is 0 Å². The molecule has 1 saturated heterocycles. The second-order valence-electron chi connectivity index (χ2n) is 4.79. The van der Waals surface area contributed by atoms with E-state index in [4.69, 9.17) is 4.42 Å². The van der Waals surface area contributed by atoms with Crippen LogP contribution in [0.5, 0.6) is 0 Å². The number of halogens is 1. The summed E-state index contributed by atoms with van der Waals surface area (Å²) in [6, 6.07) is 5.86. The summed E-state index contributed by atoms with van der Waals surface area (Å²) in [6.07, 6.45) is 1.70. The van der Waals surface area contributed by atoms with Gasteiger partial charge in [-0.1, -0.05) is 0 Å². The Balaban J connectivity index is 1.54. The topological polar surface area (TPSA) is 36.7 Å². The minimum Gasteiger partial charge on any atom is -0.468 e. The molecule has 3 rings (SSSR count). The fourth-order valence-electron chi connectivity index (χ4n) is 2.34. The number of rotatable bonds is 3. The van der Waals surface area contributed by atoms with Gasteiger partial charge >= 0.3 is 0 Å². The van der Waals surface area contributed by atoms with Crippen molar-refractivity contribution in [3.8, 4) is 0 Å². The maximum absolute atomic E-state index is 12.3. The van der Waals surface area contributed by atoms with Crippen LogP contribution in [-0.4, -0.2) is 41.9 Å². The van der Waals surface area contributed by atoms with Gasteiger partial charge in [0.2, 0.25) is 0 Å². The van der Waals surface area contributed by atoms with Crippen molar-refractivity contribution < 1.29 is 9.21 Å². The maximum atomic E-state index is 12.3. The molecule has 106 valence electrons. The summed E-state index contributed by atoms with van der Waals surface area (Å²) in [5.41, 5.74) is 0.818. The molecule has 0 atom stereocenters. The predicted molar refractivity (Wildman–Crippen MR) is 86.9 cm³/mol. The first-order chi connectivity index (χ1) is 9.72. The highest BCUT2D eigenvalue weighted by Crippen LogP contribution is 2.19. The van der Waals surface area contributed by atoms with Gasteiger partial charge in [-0.3, -0.25) is 9.69 Å². The van der Waals surface area contributed by atoms with Crippen LogP contribution in [-0.2, 0) is 6.54 Å². The number of carbonyl (C=O) groups excluding carboxylic acids is 1. The Bertz CT molecular complexity index is 574. The van der Waals surface area contributed by atoms with Crippen molar-refractivity contribution in [2.45, 2.75) is 6.54 Å². The van der Waals surface area contributed by atoms with Crippen LogP contribution in [0.15, 0.2) is 34.3 Å². The highest BCUT2D eigenvalue weighted by atomic mass is 127. The van der Waals surface area contributed by atoms with E-state index in [1.807, 2.05) is 28.5 Å². The van der Waals surface area contributed by atoms with Crippen molar-refractivity contribution >= 4 is 39.8 Å². The Labute approximate surface area is 135 Å². The summed E-state index contributed by atoms with van der Waals surface area (Å²) in [5, 5.41) is 1.94. The van der Waals surface area contributed by atoms with Gasteiger partial charge < -0.3 is 9.32 Å². The van der Waals surface area contributed by atoms with Crippen LogP contribution < -0.4 is 0 Å². The van der Waals surface area contributed by atoms with Crippen LogP contribution in [0, 0.1) is 2.88 Å². The van der Waals surface area contributed by atoms with Gasteiger partial charge in [0.05, 0.1) is 21.3 Å². The highest BCUT2D eigenvalue weighted by molar-refractivity contribution is 14.1. The monoisotopic (exact) mass is 402 g/mol. The fraction of sp³-hybridized carbons (Fsp3) is 0.357. The second kappa shape index (κ2) is 6.28. The highest BCUT2D eigenvalue weighted by Gasteiger charge is 2.23. The van der Waals surface area contributed by atoms with Gasteiger partial charge in [0.15, 0.2) is 0 Å². The molecule has 0 bridgehead atoms.